The number of benzene rings is 1. The Morgan fingerprint density at radius 2 is 1.76 bits per heavy atom. The van der Waals surface area contributed by atoms with Crippen molar-refractivity contribution in [2.45, 2.75) is 29.8 Å². The van der Waals surface area contributed by atoms with Crippen LogP contribution in [0.3, 0.4) is 0 Å². The number of hydrogen-bond acceptors (Lipinski definition) is 8. The molecule has 0 fully saturated rings. The van der Waals surface area contributed by atoms with Gasteiger partial charge < -0.3 is 26.9 Å². The Hall–Kier alpha value is -3.99. The molecule has 1 amide bonds. The van der Waals surface area contributed by atoms with Crippen molar-refractivity contribution in [3.63, 3.8) is 0 Å². The highest BCUT2D eigenvalue weighted by molar-refractivity contribution is 7.92. The molecule has 7 N–H and O–H groups in total. The molecule has 0 saturated carbocycles. The molecule has 2 rings (SSSR count). The van der Waals surface area contributed by atoms with E-state index in [1.165, 1.54) is 18.2 Å². The zero-order chi connectivity index (χ0) is 28.2. The van der Waals surface area contributed by atoms with Gasteiger partial charge >= 0.3 is 17.7 Å². The van der Waals surface area contributed by atoms with Crippen LogP contribution >= 0.6 is 11.6 Å². The standard InChI is InChI=1S/C19H20ClF3N6O7S/c1-18(15(24)31,8-9-35-27-17(25)26)13-7-6-11(14(30)29(13)36-16(32)19(21,22)23)28-37(33,34)12-5-3-2-4-10(12)20/h2-7,28H,8-9H2,1H3,(H2,24,31)(H4,25,26,27). The summed E-state index contributed by atoms with van der Waals surface area (Å²) in [4.78, 5) is 45.5. The molecule has 13 nitrogen and oxygen atoms in total. The number of nitrogens with one attached hydrogen (secondary N) is 1. The molecular weight excluding hydrogens is 549 g/mol. The molecule has 1 aromatic heterocycles. The third-order valence-corrected chi connectivity index (χ3v) is 6.66. The van der Waals surface area contributed by atoms with E-state index in [0.717, 1.165) is 25.1 Å². The fraction of sp³-hybridized carbons (Fsp3) is 0.263. The second-order valence-electron chi connectivity index (χ2n) is 7.44. The number of alkyl halides is 3. The number of aromatic nitrogens is 1. The quantitative estimate of drug-likeness (QED) is 0.133. The third-order valence-electron chi connectivity index (χ3n) is 4.79. The molecule has 1 unspecified atom stereocenters. The van der Waals surface area contributed by atoms with Crippen LogP contribution in [0.15, 0.2) is 51.2 Å². The molecule has 0 aliphatic heterocycles. The molecule has 1 aromatic carbocycles. The van der Waals surface area contributed by atoms with E-state index < -0.39 is 74.3 Å². The summed E-state index contributed by atoms with van der Waals surface area (Å²) in [6.07, 6.45) is -5.99. The van der Waals surface area contributed by atoms with Crippen LogP contribution in [0.5, 0.6) is 0 Å². The number of oxime groups is 1. The first-order valence-corrected chi connectivity index (χ1v) is 11.7. The first-order chi connectivity index (χ1) is 17.0. The first-order valence-electron chi connectivity index (χ1n) is 9.85. The van der Waals surface area contributed by atoms with Crippen LogP contribution in [0.4, 0.5) is 18.9 Å². The Morgan fingerprint density at radius 3 is 2.30 bits per heavy atom. The zero-order valence-corrected chi connectivity index (χ0v) is 20.4. The van der Waals surface area contributed by atoms with Gasteiger partial charge in [0.1, 0.15) is 17.2 Å². The number of nitrogens with zero attached hydrogens (tertiary/aromatic N) is 2. The average molecular weight is 569 g/mol. The Kier molecular flexibility index (Phi) is 8.66. The van der Waals surface area contributed by atoms with Gasteiger partial charge in [-0.15, -0.1) is 4.73 Å². The molecule has 0 radical (unpaired) electrons. The van der Waals surface area contributed by atoms with Gasteiger partial charge in [0.05, 0.1) is 16.1 Å². The largest absolute Gasteiger partial charge is 0.493 e. The van der Waals surface area contributed by atoms with Crippen LogP contribution < -0.4 is 32.3 Å². The highest BCUT2D eigenvalue weighted by Gasteiger charge is 2.44. The molecular formula is C19H20ClF3N6O7S. The number of hydrogen-bond donors (Lipinski definition) is 4. The van der Waals surface area contributed by atoms with Crippen molar-refractivity contribution in [3.05, 3.63) is 57.5 Å². The number of anilines is 1. The van der Waals surface area contributed by atoms with Gasteiger partial charge in [-0.2, -0.15) is 13.2 Å². The number of pyridine rings is 1. The van der Waals surface area contributed by atoms with Gasteiger partial charge in [-0.25, -0.2) is 13.2 Å². The summed E-state index contributed by atoms with van der Waals surface area (Å²) in [6, 6.07) is 6.80. The van der Waals surface area contributed by atoms with E-state index in [4.69, 9.17) is 33.6 Å². The number of rotatable bonds is 10. The number of guanidine groups is 1. The number of halogens is 4. The van der Waals surface area contributed by atoms with Gasteiger partial charge in [-0.05, 0) is 36.3 Å². The molecule has 0 saturated heterocycles. The smallest absolute Gasteiger partial charge is 0.393 e. The number of nitrogens with two attached hydrogens (primary N) is 3. The van der Waals surface area contributed by atoms with Crippen LogP contribution in [-0.4, -0.2) is 43.8 Å². The van der Waals surface area contributed by atoms with Gasteiger partial charge in [-0.1, -0.05) is 23.7 Å². The van der Waals surface area contributed by atoms with Gasteiger partial charge in [-0.3, -0.25) is 14.3 Å². The molecule has 37 heavy (non-hydrogen) atoms. The Labute approximate surface area is 211 Å². The summed E-state index contributed by atoms with van der Waals surface area (Å²) in [5, 5.41) is 3.00. The maximum absolute atomic E-state index is 13.1. The van der Waals surface area contributed by atoms with Crippen LogP contribution in [0.25, 0.3) is 0 Å². The van der Waals surface area contributed by atoms with Gasteiger partial charge in [0, 0.05) is 6.42 Å². The molecule has 0 aliphatic carbocycles. The van der Waals surface area contributed by atoms with Crippen LogP contribution in [0.1, 0.15) is 19.0 Å². The van der Waals surface area contributed by atoms with Crippen molar-refractivity contribution >= 4 is 45.1 Å². The van der Waals surface area contributed by atoms with E-state index in [2.05, 4.69) is 9.99 Å². The van der Waals surface area contributed by atoms with E-state index in [1.807, 2.05) is 4.72 Å². The van der Waals surface area contributed by atoms with Crippen LogP contribution in [0, 0.1) is 0 Å². The lowest BCUT2D eigenvalue weighted by molar-refractivity contribution is -0.200. The SMILES string of the molecule is CC(CCON=C(N)N)(C(N)=O)c1ccc(NS(=O)(=O)c2ccccc2Cl)c(=O)n1OC(=O)C(F)(F)F. The van der Waals surface area contributed by atoms with Crippen molar-refractivity contribution in [2.24, 2.45) is 22.4 Å². The lowest BCUT2D eigenvalue weighted by Gasteiger charge is -2.28. The molecule has 18 heteroatoms. The summed E-state index contributed by atoms with van der Waals surface area (Å²) in [5.74, 6) is -4.50. The average Bonchev–Trinajstić information content (AvgIpc) is 2.78. The lowest BCUT2D eigenvalue weighted by Crippen LogP contribution is -2.48. The Bertz CT molecular complexity index is 1390. The minimum atomic E-state index is -5.57. The molecule has 0 bridgehead atoms. The van der Waals surface area contributed by atoms with Crippen molar-refractivity contribution in [2.75, 3.05) is 11.3 Å². The number of sulfonamides is 1. The molecule has 0 aliphatic rings. The van der Waals surface area contributed by atoms with Crippen molar-refractivity contribution in [3.8, 4) is 0 Å². The molecule has 0 spiro atoms. The summed E-state index contributed by atoms with van der Waals surface area (Å²) >= 11 is 5.88. The number of primary amides is 1. The molecule has 2 aromatic rings. The number of amides is 1. The summed E-state index contributed by atoms with van der Waals surface area (Å²) in [6.45, 7) is 0.675. The van der Waals surface area contributed by atoms with Crippen molar-refractivity contribution < 1.29 is 40.9 Å². The second kappa shape index (κ2) is 11.0. The highest BCUT2D eigenvalue weighted by atomic mass is 35.5. The summed E-state index contributed by atoms with van der Waals surface area (Å²) in [5.41, 5.74) is 10.6. The predicted molar refractivity (Wildman–Crippen MR) is 124 cm³/mol. The van der Waals surface area contributed by atoms with Crippen molar-refractivity contribution in [1.82, 2.24) is 4.73 Å². The fourth-order valence-corrected chi connectivity index (χ4v) is 4.42. The van der Waals surface area contributed by atoms with Gasteiger partial charge in [0.15, 0.2) is 0 Å². The molecule has 202 valence electrons. The van der Waals surface area contributed by atoms with Crippen molar-refractivity contribution in [1.29, 1.82) is 0 Å². The number of carbonyl (C=O) groups excluding carboxylic acids is 2. The molecule has 1 atom stereocenters. The minimum absolute atomic E-state index is 0.189. The normalized spacial score (nSPS) is 13.2. The third kappa shape index (κ3) is 6.82. The first kappa shape index (κ1) is 29.2. The highest BCUT2D eigenvalue weighted by Crippen LogP contribution is 2.29. The minimum Gasteiger partial charge on any atom is -0.393 e. The predicted octanol–water partition coefficient (Wildman–Crippen LogP) is 0.158. The van der Waals surface area contributed by atoms with Gasteiger partial charge in [0.25, 0.3) is 10.0 Å². The van der Waals surface area contributed by atoms with Gasteiger partial charge in [0.2, 0.25) is 11.9 Å². The van der Waals surface area contributed by atoms with E-state index in [9.17, 15) is 36.0 Å². The van der Waals surface area contributed by atoms with Crippen LogP contribution in [0.2, 0.25) is 5.02 Å². The monoisotopic (exact) mass is 568 g/mol. The van der Waals surface area contributed by atoms with E-state index >= 15 is 0 Å². The summed E-state index contributed by atoms with van der Waals surface area (Å²) in [7, 11) is -4.54. The summed E-state index contributed by atoms with van der Waals surface area (Å²) < 4.78 is 66.0. The Morgan fingerprint density at radius 1 is 1.14 bits per heavy atom. The van der Waals surface area contributed by atoms with Crippen LogP contribution in [-0.2, 0) is 29.9 Å². The van der Waals surface area contributed by atoms with E-state index in [1.54, 1.807) is 0 Å². The van der Waals surface area contributed by atoms with E-state index in [0.29, 0.717) is 0 Å². The number of carbonyl (C=O) groups is 2. The maximum Gasteiger partial charge on any atom is 0.493 e. The van der Waals surface area contributed by atoms with E-state index in [-0.39, 0.29) is 9.75 Å². The topological polar surface area (TPSA) is 211 Å². The second-order valence-corrected chi connectivity index (χ2v) is 9.50. The maximum atomic E-state index is 13.1. The fourth-order valence-electron chi connectivity index (χ4n) is 2.84. The molecule has 1 heterocycles. The Balaban J connectivity index is 2.65. The zero-order valence-electron chi connectivity index (χ0n) is 18.8. The lowest BCUT2D eigenvalue weighted by atomic mass is 9.82.